The van der Waals surface area contributed by atoms with Crippen LogP contribution in [-0.2, 0) is 11.2 Å². The number of hydrazone groups is 1. The molecule has 1 saturated heterocycles. The predicted molar refractivity (Wildman–Crippen MR) is 114 cm³/mol. The van der Waals surface area contributed by atoms with Crippen molar-refractivity contribution in [2.24, 2.45) is 5.10 Å². The molecule has 5 heterocycles. The van der Waals surface area contributed by atoms with Gasteiger partial charge >= 0.3 is 6.09 Å². The Morgan fingerprint density at radius 1 is 1.43 bits per heavy atom. The number of amides is 1. The first-order chi connectivity index (χ1) is 14.5. The SMILES string of the molecule is Cc1cc(Nc2nc(CCC3COC(=O)N3)cn3c(C4C=NN(C)C4)cnc23)sn1. The summed E-state index contributed by atoms with van der Waals surface area (Å²) < 4.78 is 11.4. The molecule has 2 N–H and O–H groups in total. The van der Waals surface area contributed by atoms with Crippen molar-refractivity contribution in [3.63, 3.8) is 0 Å². The Morgan fingerprint density at radius 2 is 2.33 bits per heavy atom. The van der Waals surface area contributed by atoms with Gasteiger partial charge in [0.05, 0.1) is 35.2 Å². The lowest BCUT2D eigenvalue weighted by molar-refractivity contribution is 0.176. The fraction of sp³-hybridized carbons (Fsp3) is 0.421. The van der Waals surface area contributed by atoms with Crippen molar-refractivity contribution in [1.82, 2.24) is 29.1 Å². The number of hydrogen-bond donors (Lipinski definition) is 2. The minimum Gasteiger partial charge on any atom is -0.447 e. The zero-order chi connectivity index (χ0) is 20.7. The first-order valence-corrected chi connectivity index (χ1v) is 10.6. The molecule has 3 aromatic heterocycles. The maximum absolute atomic E-state index is 11.3. The highest BCUT2D eigenvalue weighted by atomic mass is 32.1. The number of ether oxygens (including phenoxy) is 1. The number of rotatable bonds is 6. The Hall–Kier alpha value is -3.21. The van der Waals surface area contributed by atoms with Crippen molar-refractivity contribution < 1.29 is 9.53 Å². The summed E-state index contributed by atoms with van der Waals surface area (Å²) in [5.74, 6) is 0.860. The molecule has 3 aromatic rings. The Kier molecular flexibility index (Phi) is 4.74. The van der Waals surface area contributed by atoms with Gasteiger partial charge in [0.1, 0.15) is 11.6 Å². The lowest BCUT2D eigenvalue weighted by Gasteiger charge is -2.13. The van der Waals surface area contributed by atoms with Crippen LogP contribution in [0.2, 0.25) is 0 Å². The van der Waals surface area contributed by atoms with Crippen LogP contribution in [-0.4, -0.2) is 62.3 Å². The van der Waals surface area contributed by atoms with Crippen LogP contribution in [0.15, 0.2) is 23.6 Å². The lowest BCUT2D eigenvalue weighted by atomic mass is 10.1. The second-order valence-corrected chi connectivity index (χ2v) is 8.41. The number of aryl methyl sites for hydroxylation is 2. The van der Waals surface area contributed by atoms with Crippen LogP contribution in [0.4, 0.5) is 15.6 Å². The third-order valence-electron chi connectivity index (χ3n) is 5.21. The van der Waals surface area contributed by atoms with E-state index in [9.17, 15) is 4.79 Å². The number of carbonyl (C=O) groups is 1. The van der Waals surface area contributed by atoms with Gasteiger partial charge in [-0.25, -0.2) is 14.8 Å². The van der Waals surface area contributed by atoms with E-state index < -0.39 is 0 Å². The Bertz CT molecular complexity index is 1120. The van der Waals surface area contributed by atoms with Gasteiger partial charge in [-0.1, -0.05) is 0 Å². The Balaban J connectivity index is 1.48. The number of cyclic esters (lactones) is 1. The van der Waals surface area contributed by atoms with E-state index in [2.05, 4.69) is 29.5 Å². The van der Waals surface area contributed by atoms with Crippen molar-refractivity contribution in [1.29, 1.82) is 0 Å². The Morgan fingerprint density at radius 3 is 3.03 bits per heavy atom. The molecule has 156 valence electrons. The lowest BCUT2D eigenvalue weighted by Crippen LogP contribution is -2.26. The standard InChI is InChI=1S/C19H22N8O2S/c1-11-5-16(30-25-11)24-17-18-20-7-15(12-6-21-26(2)8-12)27(18)9-13(22-17)3-4-14-10-29-19(28)23-14/h5-7,9,12,14H,3-4,8,10H2,1-2H3,(H,22,24)(H,23,28). The third kappa shape index (κ3) is 3.67. The summed E-state index contributed by atoms with van der Waals surface area (Å²) in [4.78, 5) is 20.8. The minimum atomic E-state index is -0.354. The molecule has 1 amide bonds. The first-order valence-electron chi connectivity index (χ1n) is 9.81. The van der Waals surface area contributed by atoms with E-state index in [0.29, 0.717) is 18.8 Å². The van der Waals surface area contributed by atoms with E-state index in [0.717, 1.165) is 40.7 Å². The van der Waals surface area contributed by atoms with E-state index in [1.807, 2.05) is 43.7 Å². The van der Waals surface area contributed by atoms with Crippen LogP contribution in [0, 0.1) is 6.92 Å². The summed E-state index contributed by atoms with van der Waals surface area (Å²) >= 11 is 1.40. The van der Waals surface area contributed by atoms with Gasteiger partial charge in [-0.15, -0.1) is 0 Å². The molecule has 2 aliphatic rings. The first kappa shape index (κ1) is 18.8. The number of imidazole rings is 1. The van der Waals surface area contributed by atoms with Crippen LogP contribution >= 0.6 is 11.5 Å². The molecule has 0 bridgehead atoms. The summed E-state index contributed by atoms with van der Waals surface area (Å²) in [5.41, 5.74) is 3.71. The molecule has 0 aromatic carbocycles. The van der Waals surface area contributed by atoms with Gasteiger partial charge in [0.25, 0.3) is 0 Å². The number of aromatic nitrogens is 4. The van der Waals surface area contributed by atoms with Crippen molar-refractivity contribution in [3.05, 3.63) is 35.5 Å². The number of carbonyl (C=O) groups excluding carboxylic acids is 1. The van der Waals surface area contributed by atoms with Gasteiger partial charge in [0.2, 0.25) is 0 Å². The van der Waals surface area contributed by atoms with Gasteiger partial charge in [0.15, 0.2) is 11.5 Å². The fourth-order valence-corrected chi connectivity index (χ4v) is 4.38. The van der Waals surface area contributed by atoms with E-state index in [1.54, 1.807) is 0 Å². The monoisotopic (exact) mass is 426 g/mol. The molecule has 11 heteroatoms. The average molecular weight is 427 g/mol. The molecular formula is C19H22N8O2S. The number of alkyl carbamates (subject to hydrolysis) is 1. The van der Waals surface area contributed by atoms with Crippen molar-refractivity contribution in [2.45, 2.75) is 31.7 Å². The smallest absolute Gasteiger partial charge is 0.407 e. The van der Waals surface area contributed by atoms with Gasteiger partial charge in [0, 0.05) is 26.0 Å². The van der Waals surface area contributed by atoms with Crippen LogP contribution in [0.5, 0.6) is 0 Å². The molecule has 2 unspecified atom stereocenters. The second-order valence-electron chi connectivity index (χ2n) is 7.60. The van der Waals surface area contributed by atoms with Crippen LogP contribution < -0.4 is 10.6 Å². The number of anilines is 2. The normalized spacial score (nSPS) is 20.7. The summed E-state index contributed by atoms with van der Waals surface area (Å²) in [6, 6.07) is 2.00. The number of likely N-dealkylation sites (N-methyl/N-ethyl adjacent to an activating group) is 1. The van der Waals surface area contributed by atoms with Gasteiger partial charge in [-0.3, -0.25) is 9.41 Å². The summed E-state index contributed by atoms with van der Waals surface area (Å²) in [6.07, 6.45) is 6.98. The van der Waals surface area contributed by atoms with Crippen LogP contribution in [0.1, 0.15) is 29.4 Å². The average Bonchev–Trinajstić information content (AvgIpc) is 3.49. The van der Waals surface area contributed by atoms with Gasteiger partial charge in [-0.05, 0) is 37.4 Å². The molecule has 2 aliphatic heterocycles. The van der Waals surface area contributed by atoms with Crippen molar-refractivity contribution in [2.75, 3.05) is 25.5 Å². The maximum Gasteiger partial charge on any atom is 0.407 e. The number of nitrogens with one attached hydrogen (secondary N) is 2. The van der Waals surface area contributed by atoms with Gasteiger partial charge in [-0.2, -0.15) is 9.47 Å². The molecule has 30 heavy (non-hydrogen) atoms. The van der Waals surface area contributed by atoms with E-state index in [1.165, 1.54) is 11.5 Å². The molecule has 0 saturated carbocycles. The summed E-state index contributed by atoms with van der Waals surface area (Å²) in [6.45, 7) is 3.17. The number of hydrogen-bond acceptors (Lipinski definition) is 9. The number of fused-ring (bicyclic) bond motifs is 1. The highest BCUT2D eigenvalue weighted by molar-refractivity contribution is 7.10. The quantitative estimate of drug-likeness (QED) is 0.622. The molecule has 0 spiro atoms. The van der Waals surface area contributed by atoms with Crippen LogP contribution in [0.25, 0.3) is 5.65 Å². The minimum absolute atomic E-state index is 0.00780. The second kappa shape index (κ2) is 7.56. The maximum atomic E-state index is 11.3. The number of nitrogens with zero attached hydrogens (tertiary/aromatic N) is 6. The van der Waals surface area contributed by atoms with E-state index >= 15 is 0 Å². The summed E-state index contributed by atoms with van der Waals surface area (Å²) in [5, 5.41) is 13.4. The van der Waals surface area contributed by atoms with Crippen molar-refractivity contribution >= 4 is 40.3 Å². The highest BCUT2D eigenvalue weighted by Gasteiger charge is 2.24. The Labute approximate surface area is 177 Å². The third-order valence-corrected chi connectivity index (χ3v) is 6.01. The summed E-state index contributed by atoms with van der Waals surface area (Å²) in [7, 11) is 1.96. The predicted octanol–water partition coefficient (Wildman–Crippen LogP) is 2.29. The molecule has 10 nitrogen and oxygen atoms in total. The molecular weight excluding hydrogens is 404 g/mol. The molecule has 0 radical (unpaired) electrons. The zero-order valence-electron chi connectivity index (χ0n) is 16.7. The zero-order valence-corrected chi connectivity index (χ0v) is 17.5. The van der Waals surface area contributed by atoms with Gasteiger partial charge < -0.3 is 15.4 Å². The largest absolute Gasteiger partial charge is 0.447 e. The highest BCUT2D eigenvalue weighted by Crippen LogP contribution is 2.27. The molecule has 2 atom stereocenters. The topological polar surface area (TPSA) is 109 Å². The van der Waals surface area contributed by atoms with Crippen molar-refractivity contribution in [3.8, 4) is 0 Å². The molecule has 0 aliphatic carbocycles. The molecule has 1 fully saturated rings. The molecule has 5 rings (SSSR count). The van der Waals surface area contributed by atoms with E-state index in [-0.39, 0.29) is 18.1 Å². The fourth-order valence-electron chi connectivity index (χ4n) is 3.72. The van der Waals surface area contributed by atoms with E-state index in [4.69, 9.17) is 9.72 Å². The van der Waals surface area contributed by atoms with Crippen LogP contribution in [0.3, 0.4) is 0 Å².